The number of nitrogens with zero attached hydrogens (tertiary/aromatic N) is 1. The van der Waals surface area contributed by atoms with Crippen molar-refractivity contribution in [1.29, 1.82) is 0 Å². The smallest absolute Gasteiger partial charge is 0.126 e. The number of halogens is 1. The largest absolute Gasteiger partial charge is 0.366 e. The van der Waals surface area contributed by atoms with Crippen LogP contribution in [0.25, 0.3) is 0 Å². The van der Waals surface area contributed by atoms with Crippen LogP contribution in [0.3, 0.4) is 0 Å². The second-order valence-corrected chi connectivity index (χ2v) is 5.18. The highest BCUT2D eigenvalue weighted by Gasteiger charge is 2.22. The van der Waals surface area contributed by atoms with E-state index in [2.05, 4.69) is 10.3 Å². The van der Waals surface area contributed by atoms with E-state index in [1.165, 1.54) is 32.1 Å². The average Bonchev–Trinajstić information content (AvgIpc) is 2.39. The minimum atomic E-state index is 0.337. The van der Waals surface area contributed by atoms with E-state index in [-0.39, 0.29) is 0 Å². The summed E-state index contributed by atoms with van der Waals surface area (Å²) in [6.45, 7) is 0.662. The van der Waals surface area contributed by atoms with Gasteiger partial charge in [0.05, 0.1) is 5.02 Å². The number of hydrogen-bond acceptors (Lipinski definition) is 3. The summed E-state index contributed by atoms with van der Waals surface area (Å²) in [5.41, 5.74) is 5.87. The molecule has 17 heavy (non-hydrogen) atoms. The van der Waals surface area contributed by atoms with Crippen LogP contribution in [0.4, 0.5) is 5.82 Å². The number of anilines is 1. The Labute approximate surface area is 108 Å². The molecule has 1 aromatic rings. The molecular formula is C13H20ClN3. The summed E-state index contributed by atoms with van der Waals surface area (Å²) in [6, 6.07) is 4.10. The van der Waals surface area contributed by atoms with Crippen molar-refractivity contribution in [3.05, 3.63) is 23.4 Å². The maximum atomic E-state index is 5.87. The molecule has 1 aliphatic carbocycles. The van der Waals surface area contributed by atoms with Gasteiger partial charge < -0.3 is 11.1 Å². The van der Waals surface area contributed by atoms with Crippen LogP contribution in [0, 0.1) is 5.92 Å². The SMILES string of the molecule is NCC(Nc1ccc(Cl)cn1)C1CCCCC1. The summed E-state index contributed by atoms with van der Waals surface area (Å²) < 4.78 is 0. The van der Waals surface area contributed by atoms with Crippen molar-refractivity contribution in [1.82, 2.24) is 4.98 Å². The molecule has 1 aliphatic rings. The number of nitrogens with one attached hydrogen (secondary N) is 1. The molecule has 1 atom stereocenters. The lowest BCUT2D eigenvalue weighted by molar-refractivity contribution is 0.320. The lowest BCUT2D eigenvalue weighted by atomic mass is 9.84. The Hall–Kier alpha value is -0.800. The van der Waals surface area contributed by atoms with Crippen LogP contribution in [0.2, 0.25) is 5.02 Å². The van der Waals surface area contributed by atoms with Crippen molar-refractivity contribution in [2.24, 2.45) is 11.7 Å². The third kappa shape index (κ3) is 3.58. The zero-order valence-corrected chi connectivity index (χ0v) is 10.8. The zero-order valence-electron chi connectivity index (χ0n) is 10.0. The molecule has 1 aromatic heterocycles. The molecule has 0 radical (unpaired) electrons. The molecule has 1 heterocycles. The Kier molecular flexibility index (Phi) is 4.63. The first-order valence-electron chi connectivity index (χ1n) is 6.38. The Morgan fingerprint density at radius 3 is 2.71 bits per heavy atom. The summed E-state index contributed by atoms with van der Waals surface area (Å²) in [6.07, 6.45) is 8.25. The minimum Gasteiger partial charge on any atom is -0.366 e. The van der Waals surface area contributed by atoms with Gasteiger partial charge in [-0.15, -0.1) is 0 Å². The van der Waals surface area contributed by atoms with Crippen LogP contribution >= 0.6 is 11.6 Å². The summed E-state index contributed by atoms with van der Waals surface area (Å²) in [7, 11) is 0. The standard InChI is InChI=1S/C13H20ClN3/c14-11-6-7-13(16-9-11)17-12(8-15)10-4-2-1-3-5-10/h6-7,9-10,12H,1-5,8,15H2,(H,16,17). The number of aromatic nitrogens is 1. The van der Waals surface area contributed by atoms with E-state index in [9.17, 15) is 0 Å². The number of nitrogens with two attached hydrogens (primary N) is 1. The molecule has 0 aliphatic heterocycles. The monoisotopic (exact) mass is 253 g/mol. The number of pyridine rings is 1. The number of rotatable bonds is 4. The predicted molar refractivity (Wildman–Crippen MR) is 72.3 cm³/mol. The van der Waals surface area contributed by atoms with E-state index >= 15 is 0 Å². The Bertz CT molecular complexity index is 333. The molecule has 1 fully saturated rings. The first-order chi connectivity index (χ1) is 8.29. The minimum absolute atomic E-state index is 0.337. The molecule has 3 N–H and O–H groups in total. The van der Waals surface area contributed by atoms with Gasteiger partial charge in [-0.1, -0.05) is 30.9 Å². The van der Waals surface area contributed by atoms with Crippen LogP contribution in [-0.2, 0) is 0 Å². The molecule has 1 saturated carbocycles. The second kappa shape index (κ2) is 6.22. The fraction of sp³-hybridized carbons (Fsp3) is 0.615. The lowest BCUT2D eigenvalue weighted by Gasteiger charge is -2.30. The van der Waals surface area contributed by atoms with E-state index in [0.717, 1.165) is 5.82 Å². The number of hydrogen-bond donors (Lipinski definition) is 2. The van der Waals surface area contributed by atoms with Crippen molar-refractivity contribution in [2.75, 3.05) is 11.9 Å². The van der Waals surface area contributed by atoms with Crippen molar-refractivity contribution >= 4 is 17.4 Å². The van der Waals surface area contributed by atoms with Crippen molar-refractivity contribution < 1.29 is 0 Å². The third-order valence-electron chi connectivity index (χ3n) is 3.53. The lowest BCUT2D eigenvalue weighted by Crippen LogP contribution is -2.37. The Morgan fingerprint density at radius 1 is 1.35 bits per heavy atom. The maximum Gasteiger partial charge on any atom is 0.126 e. The summed E-state index contributed by atoms with van der Waals surface area (Å²) in [5, 5.41) is 4.10. The van der Waals surface area contributed by atoms with Gasteiger partial charge in [0.2, 0.25) is 0 Å². The van der Waals surface area contributed by atoms with E-state index in [1.807, 2.05) is 12.1 Å². The third-order valence-corrected chi connectivity index (χ3v) is 3.76. The van der Waals surface area contributed by atoms with Gasteiger partial charge in [0, 0.05) is 18.8 Å². The van der Waals surface area contributed by atoms with E-state index in [0.29, 0.717) is 23.5 Å². The van der Waals surface area contributed by atoms with Crippen LogP contribution in [0.1, 0.15) is 32.1 Å². The summed E-state index contributed by atoms with van der Waals surface area (Å²) >= 11 is 5.82. The van der Waals surface area contributed by atoms with Gasteiger partial charge >= 0.3 is 0 Å². The van der Waals surface area contributed by atoms with Crippen molar-refractivity contribution in [3.8, 4) is 0 Å². The first-order valence-corrected chi connectivity index (χ1v) is 6.75. The highest BCUT2D eigenvalue weighted by molar-refractivity contribution is 6.30. The summed E-state index contributed by atoms with van der Waals surface area (Å²) in [5.74, 6) is 1.56. The van der Waals surface area contributed by atoms with Gasteiger partial charge in [-0.05, 0) is 30.9 Å². The fourth-order valence-corrected chi connectivity index (χ4v) is 2.67. The van der Waals surface area contributed by atoms with Crippen LogP contribution < -0.4 is 11.1 Å². The van der Waals surface area contributed by atoms with Gasteiger partial charge in [-0.3, -0.25) is 0 Å². The highest BCUT2D eigenvalue weighted by atomic mass is 35.5. The van der Waals surface area contributed by atoms with Gasteiger partial charge in [-0.25, -0.2) is 4.98 Å². The summed E-state index contributed by atoms with van der Waals surface area (Å²) in [4.78, 5) is 4.26. The Balaban J connectivity index is 1.96. The molecule has 1 unspecified atom stereocenters. The van der Waals surface area contributed by atoms with Crippen LogP contribution in [-0.4, -0.2) is 17.6 Å². The average molecular weight is 254 g/mol. The molecular weight excluding hydrogens is 234 g/mol. The van der Waals surface area contributed by atoms with Gasteiger partial charge in [0.15, 0.2) is 0 Å². The van der Waals surface area contributed by atoms with Gasteiger partial charge in [-0.2, -0.15) is 0 Å². The molecule has 0 aromatic carbocycles. The van der Waals surface area contributed by atoms with E-state index in [1.54, 1.807) is 6.20 Å². The molecule has 0 saturated heterocycles. The molecule has 0 bridgehead atoms. The molecule has 0 amide bonds. The van der Waals surface area contributed by atoms with Gasteiger partial charge in [0.1, 0.15) is 5.82 Å². The topological polar surface area (TPSA) is 50.9 Å². The zero-order chi connectivity index (χ0) is 12.1. The predicted octanol–water partition coefficient (Wildman–Crippen LogP) is 3.05. The van der Waals surface area contributed by atoms with Crippen LogP contribution in [0.5, 0.6) is 0 Å². The Morgan fingerprint density at radius 2 is 2.12 bits per heavy atom. The highest BCUT2D eigenvalue weighted by Crippen LogP contribution is 2.27. The van der Waals surface area contributed by atoms with Gasteiger partial charge in [0.25, 0.3) is 0 Å². The van der Waals surface area contributed by atoms with E-state index in [4.69, 9.17) is 17.3 Å². The molecule has 3 nitrogen and oxygen atoms in total. The normalized spacial score (nSPS) is 18.9. The molecule has 2 rings (SSSR count). The van der Waals surface area contributed by atoms with Crippen LogP contribution in [0.15, 0.2) is 18.3 Å². The molecule has 0 spiro atoms. The molecule has 4 heteroatoms. The maximum absolute atomic E-state index is 5.87. The van der Waals surface area contributed by atoms with E-state index < -0.39 is 0 Å². The second-order valence-electron chi connectivity index (χ2n) is 4.75. The van der Waals surface area contributed by atoms with Crippen molar-refractivity contribution in [3.63, 3.8) is 0 Å². The van der Waals surface area contributed by atoms with Crippen molar-refractivity contribution in [2.45, 2.75) is 38.1 Å². The first kappa shape index (κ1) is 12.7. The quantitative estimate of drug-likeness (QED) is 0.867. The fourth-order valence-electron chi connectivity index (χ4n) is 2.56. The molecule has 94 valence electrons.